The van der Waals surface area contributed by atoms with Crippen LogP contribution in [0.25, 0.3) is 0 Å². The third-order valence-corrected chi connectivity index (χ3v) is 8.05. The number of esters is 1. The first kappa shape index (κ1) is 37.9. The molecule has 1 atom stereocenters. The zero-order chi connectivity index (χ0) is 35.6. The van der Waals surface area contributed by atoms with Crippen LogP contribution in [0.3, 0.4) is 0 Å². The summed E-state index contributed by atoms with van der Waals surface area (Å²) in [5, 5.41) is 25.2. The number of benzene rings is 2. The van der Waals surface area contributed by atoms with Crippen LogP contribution in [0.4, 0.5) is 16.2 Å². The maximum absolute atomic E-state index is 13.6. The fraction of sp³-hybridized carbons (Fsp3) is 0.452. The Morgan fingerprint density at radius 1 is 1.15 bits per heavy atom. The number of carbonyl (C=O) groups excluding carboxylic acids is 4. The SMILES string of the molecule is CCCCOC(=O)Cn1nnnc1SC(=O)N(CC)Cc1cc([N+](=O)[O-])ccc1OC(C(=O)Nc1cc(C)ccc1Cl)C(=O)C(C)(C)C. The number of thioether (sulfide) groups is 1. The fourth-order valence-corrected chi connectivity index (χ4v) is 5.05. The predicted molar refractivity (Wildman–Crippen MR) is 178 cm³/mol. The van der Waals surface area contributed by atoms with Crippen molar-refractivity contribution in [3.63, 3.8) is 0 Å². The zero-order valence-corrected chi connectivity index (χ0v) is 29.1. The maximum atomic E-state index is 13.6. The molecular weight excluding hydrogens is 666 g/mol. The monoisotopic (exact) mass is 703 g/mol. The number of aromatic nitrogens is 4. The van der Waals surface area contributed by atoms with Gasteiger partial charge >= 0.3 is 5.97 Å². The Labute approximate surface area is 286 Å². The fourth-order valence-electron chi connectivity index (χ4n) is 4.12. The van der Waals surface area contributed by atoms with Crippen LogP contribution in [0.15, 0.2) is 41.6 Å². The van der Waals surface area contributed by atoms with Crippen LogP contribution in [0.2, 0.25) is 5.02 Å². The number of nitrogens with zero attached hydrogens (tertiary/aromatic N) is 6. The Morgan fingerprint density at radius 2 is 1.88 bits per heavy atom. The number of Topliss-reactive ketones (excluding diaryl/α,β-unsaturated/α-hetero) is 1. The van der Waals surface area contributed by atoms with Crippen molar-refractivity contribution in [2.24, 2.45) is 5.41 Å². The Hall–Kier alpha value is -4.57. The molecule has 15 nitrogen and oxygen atoms in total. The van der Waals surface area contributed by atoms with Gasteiger partial charge in [0.15, 0.2) is 5.78 Å². The van der Waals surface area contributed by atoms with Crippen LogP contribution >= 0.6 is 23.4 Å². The molecule has 258 valence electrons. The van der Waals surface area contributed by atoms with Crippen LogP contribution in [-0.2, 0) is 32.2 Å². The molecule has 1 heterocycles. The van der Waals surface area contributed by atoms with Gasteiger partial charge in [-0.05, 0) is 54.5 Å². The smallest absolute Gasteiger partial charge is 0.327 e. The van der Waals surface area contributed by atoms with E-state index >= 15 is 0 Å². The number of nitrogens with one attached hydrogen (secondary N) is 1. The summed E-state index contributed by atoms with van der Waals surface area (Å²) < 4.78 is 12.3. The number of carbonyl (C=O) groups is 4. The van der Waals surface area contributed by atoms with Gasteiger partial charge in [-0.1, -0.05) is 51.8 Å². The van der Waals surface area contributed by atoms with Gasteiger partial charge in [-0.15, -0.1) is 5.10 Å². The molecular formula is C31H38ClN7O8S. The lowest BCUT2D eigenvalue weighted by Gasteiger charge is -2.27. The van der Waals surface area contributed by atoms with Crippen molar-refractivity contribution in [3.05, 3.63) is 62.7 Å². The second-order valence-corrected chi connectivity index (χ2v) is 13.0. The van der Waals surface area contributed by atoms with Crippen LogP contribution in [0.5, 0.6) is 5.75 Å². The molecule has 1 aromatic heterocycles. The Morgan fingerprint density at radius 3 is 2.52 bits per heavy atom. The summed E-state index contributed by atoms with van der Waals surface area (Å²) in [6.45, 7) is 10.2. The van der Waals surface area contributed by atoms with Crippen LogP contribution in [0.1, 0.15) is 58.6 Å². The number of aryl methyl sites for hydroxylation is 1. The summed E-state index contributed by atoms with van der Waals surface area (Å²) >= 11 is 6.93. The van der Waals surface area contributed by atoms with Crippen molar-refractivity contribution in [3.8, 4) is 5.75 Å². The van der Waals surface area contributed by atoms with E-state index in [1.165, 1.54) is 23.1 Å². The summed E-state index contributed by atoms with van der Waals surface area (Å²) in [6, 6.07) is 8.67. The molecule has 17 heteroatoms. The highest BCUT2D eigenvalue weighted by Crippen LogP contribution is 2.31. The Bertz CT molecular complexity index is 1660. The van der Waals surface area contributed by atoms with E-state index < -0.39 is 39.3 Å². The van der Waals surface area contributed by atoms with E-state index in [-0.39, 0.29) is 59.1 Å². The van der Waals surface area contributed by atoms with Gasteiger partial charge in [0.1, 0.15) is 12.3 Å². The molecule has 0 aliphatic carbocycles. The average Bonchev–Trinajstić information content (AvgIpc) is 3.45. The molecule has 0 spiro atoms. The van der Waals surface area contributed by atoms with Gasteiger partial charge in [0.05, 0.1) is 28.8 Å². The quantitative estimate of drug-likeness (QED) is 0.0514. The van der Waals surface area contributed by atoms with Crippen molar-refractivity contribution < 1.29 is 33.6 Å². The minimum Gasteiger partial charge on any atom is -0.472 e. The predicted octanol–water partition coefficient (Wildman–Crippen LogP) is 5.62. The van der Waals surface area contributed by atoms with Crippen LogP contribution in [-0.4, -0.2) is 72.2 Å². The first-order chi connectivity index (χ1) is 22.6. The lowest BCUT2D eigenvalue weighted by molar-refractivity contribution is -0.385. The number of nitro groups is 1. The average molecular weight is 704 g/mol. The van der Waals surface area contributed by atoms with E-state index in [4.69, 9.17) is 21.1 Å². The third kappa shape index (κ3) is 10.5. The highest BCUT2D eigenvalue weighted by molar-refractivity contribution is 8.13. The number of rotatable bonds is 15. The third-order valence-electron chi connectivity index (χ3n) is 6.81. The number of hydrogen-bond acceptors (Lipinski definition) is 12. The summed E-state index contributed by atoms with van der Waals surface area (Å²) in [5.41, 5.74) is -0.0679. The summed E-state index contributed by atoms with van der Waals surface area (Å²) in [7, 11) is 0. The number of ketones is 1. The van der Waals surface area contributed by atoms with Crippen LogP contribution < -0.4 is 10.1 Å². The number of ether oxygens (including phenoxy) is 2. The first-order valence-corrected chi connectivity index (χ1v) is 16.3. The van der Waals surface area contributed by atoms with E-state index in [1.807, 2.05) is 13.8 Å². The van der Waals surface area contributed by atoms with Gasteiger partial charge in [0, 0.05) is 41.4 Å². The molecule has 2 aromatic carbocycles. The van der Waals surface area contributed by atoms with Crippen molar-refractivity contribution >= 4 is 57.6 Å². The van der Waals surface area contributed by atoms with Gasteiger partial charge in [0.25, 0.3) is 16.8 Å². The number of amides is 2. The van der Waals surface area contributed by atoms with Crippen molar-refractivity contribution in [1.82, 2.24) is 25.1 Å². The van der Waals surface area contributed by atoms with E-state index in [2.05, 4.69) is 20.8 Å². The summed E-state index contributed by atoms with van der Waals surface area (Å²) in [6.07, 6.45) is -0.127. The minimum atomic E-state index is -1.68. The van der Waals surface area contributed by atoms with E-state index in [0.29, 0.717) is 18.2 Å². The summed E-state index contributed by atoms with van der Waals surface area (Å²) in [5.74, 6) is -1.95. The van der Waals surface area contributed by atoms with Gasteiger partial charge < -0.3 is 19.7 Å². The van der Waals surface area contributed by atoms with Gasteiger partial charge in [-0.25, -0.2) is 4.68 Å². The number of unbranched alkanes of at least 4 members (excludes halogenated alkanes) is 1. The molecule has 0 radical (unpaired) electrons. The Kier molecular flexibility index (Phi) is 13.4. The highest BCUT2D eigenvalue weighted by Gasteiger charge is 2.37. The normalized spacial score (nSPS) is 11.8. The number of hydrogen-bond donors (Lipinski definition) is 1. The first-order valence-electron chi connectivity index (χ1n) is 15.1. The molecule has 0 aliphatic rings. The zero-order valence-electron chi connectivity index (χ0n) is 27.5. The molecule has 2 amide bonds. The lowest BCUT2D eigenvalue weighted by atomic mass is 9.87. The Balaban J connectivity index is 1.90. The molecule has 0 aliphatic heterocycles. The number of non-ortho nitro benzene ring substituents is 1. The molecule has 0 saturated carbocycles. The largest absolute Gasteiger partial charge is 0.472 e. The maximum Gasteiger partial charge on any atom is 0.327 e. The van der Waals surface area contributed by atoms with Crippen molar-refractivity contribution in [2.45, 2.75) is 78.7 Å². The van der Waals surface area contributed by atoms with Crippen LogP contribution in [0, 0.1) is 22.5 Å². The number of nitro benzene ring substituents is 1. The van der Waals surface area contributed by atoms with Crippen molar-refractivity contribution in [1.29, 1.82) is 0 Å². The molecule has 1 N–H and O–H groups in total. The second-order valence-electron chi connectivity index (χ2n) is 11.7. The van der Waals surface area contributed by atoms with E-state index in [0.717, 1.165) is 16.7 Å². The number of tetrazole rings is 1. The molecule has 48 heavy (non-hydrogen) atoms. The number of halogens is 1. The van der Waals surface area contributed by atoms with Gasteiger partial charge in [-0.3, -0.25) is 29.3 Å². The molecule has 3 rings (SSSR count). The van der Waals surface area contributed by atoms with E-state index in [1.54, 1.807) is 45.9 Å². The highest BCUT2D eigenvalue weighted by atomic mass is 35.5. The molecule has 0 bridgehead atoms. The second kappa shape index (κ2) is 17.0. The lowest BCUT2D eigenvalue weighted by Crippen LogP contribution is -2.45. The molecule has 0 fully saturated rings. The summed E-state index contributed by atoms with van der Waals surface area (Å²) in [4.78, 5) is 65.1. The topological polar surface area (TPSA) is 189 Å². The molecule has 3 aromatic rings. The molecule has 0 saturated heterocycles. The standard InChI is InChI=1S/C31H38ClN7O8S/c1-7-9-14-46-25(40)18-38-29(34-35-36-38)48-30(43)37(8-2)17-20-16-21(39(44)45)11-13-24(20)47-26(27(41)31(4,5)6)28(42)33-23-15-19(3)10-12-22(23)32/h10-13,15-16,26H,7-9,14,17-18H2,1-6H3,(H,33,42). The molecule has 1 unspecified atom stereocenters. The number of anilines is 1. The minimum absolute atomic E-state index is 0.0235. The van der Waals surface area contributed by atoms with Crippen molar-refractivity contribution in [2.75, 3.05) is 18.5 Å². The van der Waals surface area contributed by atoms with E-state index in [9.17, 15) is 29.3 Å². The van der Waals surface area contributed by atoms with Gasteiger partial charge in [-0.2, -0.15) is 0 Å². The van der Waals surface area contributed by atoms with Gasteiger partial charge in [0.2, 0.25) is 11.3 Å².